The van der Waals surface area contributed by atoms with Crippen molar-refractivity contribution in [2.75, 3.05) is 45.8 Å². The van der Waals surface area contributed by atoms with Crippen molar-refractivity contribution >= 4 is 5.91 Å². The van der Waals surface area contributed by atoms with E-state index in [1.54, 1.807) is 0 Å². The summed E-state index contributed by atoms with van der Waals surface area (Å²) in [4.78, 5) is 16.6. The van der Waals surface area contributed by atoms with Gasteiger partial charge in [0.05, 0.1) is 0 Å². The van der Waals surface area contributed by atoms with Crippen molar-refractivity contribution in [1.82, 2.24) is 15.1 Å². The van der Waals surface area contributed by atoms with E-state index >= 15 is 0 Å². The monoisotopic (exact) mass is 251 g/mol. The summed E-state index contributed by atoms with van der Waals surface area (Å²) in [7, 11) is 0. The average molecular weight is 251 g/mol. The largest absolute Gasteiger partial charge is 0.340 e. The smallest absolute Gasteiger partial charge is 0.222 e. The lowest BCUT2D eigenvalue weighted by molar-refractivity contribution is -0.134. The minimum atomic E-state index is 0.349. The van der Waals surface area contributed by atoms with Crippen molar-refractivity contribution in [3.63, 3.8) is 0 Å². The molecule has 0 bridgehead atoms. The number of piperidine rings is 1. The summed E-state index contributed by atoms with van der Waals surface area (Å²) >= 11 is 0. The lowest BCUT2D eigenvalue weighted by atomic mass is 9.95. The zero-order valence-corrected chi connectivity index (χ0v) is 11.2. The quantitative estimate of drug-likeness (QED) is 0.747. The predicted molar refractivity (Wildman–Crippen MR) is 73.4 cm³/mol. The number of piperazine rings is 1. The number of carbonyl (C=O) groups excluding carboxylic acids is 1. The molecule has 2 rings (SSSR count). The van der Waals surface area contributed by atoms with Gasteiger partial charge in [-0.05, 0) is 31.8 Å². The third kappa shape index (κ3) is 3.82. The highest BCUT2D eigenvalue weighted by molar-refractivity contribution is 5.76. The van der Waals surface area contributed by atoms with Gasteiger partial charge in [0.2, 0.25) is 5.91 Å². The Kier molecular flexibility index (Phi) is 5.20. The molecule has 0 aromatic heterocycles. The Morgan fingerprint density at radius 2 is 2.11 bits per heavy atom. The molecule has 0 spiro atoms. The molecule has 4 heteroatoms. The van der Waals surface area contributed by atoms with Crippen LogP contribution >= 0.6 is 0 Å². The number of carbonyl (C=O) groups is 1. The molecule has 4 nitrogen and oxygen atoms in total. The van der Waals surface area contributed by atoms with Gasteiger partial charge in [-0.2, -0.15) is 0 Å². The lowest BCUT2D eigenvalue weighted by Crippen LogP contribution is -2.49. The zero-order chi connectivity index (χ0) is 12.8. The maximum absolute atomic E-state index is 12.2. The van der Waals surface area contributed by atoms with Crippen LogP contribution in [0.2, 0.25) is 0 Å². The second kappa shape index (κ2) is 6.90. The molecule has 2 fully saturated rings. The van der Waals surface area contributed by atoms with Crippen molar-refractivity contribution in [3.8, 4) is 0 Å². The Morgan fingerprint density at radius 1 is 1.33 bits per heavy atom. The van der Waals surface area contributed by atoms with Gasteiger partial charge in [0.1, 0.15) is 0 Å². The molecule has 2 heterocycles. The Balaban J connectivity index is 1.71. The van der Waals surface area contributed by atoms with Crippen LogP contribution in [0, 0.1) is 5.92 Å². The number of amides is 1. The number of rotatable bonds is 4. The third-order valence-corrected chi connectivity index (χ3v) is 3.97. The van der Waals surface area contributed by atoms with E-state index in [-0.39, 0.29) is 0 Å². The number of nitrogens with one attached hydrogen (secondary N) is 1. The standard InChI is InChI=1S/C14H25N3O/c1-2-6-16-7-9-17(10-8-16)14(18)11-13-4-3-5-15-12-13/h2,13,15H,1,3-12H2. The summed E-state index contributed by atoms with van der Waals surface area (Å²) in [5.41, 5.74) is 0. The highest BCUT2D eigenvalue weighted by Crippen LogP contribution is 2.16. The Morgan fingerprint density at radius 3 is 2.72 bits per heavy atom. The minimum absolute atomic E-state index is 0.349. The van der Waals surface area contributed by atoms with Gasteiger partial charge in [-0.25, -0.2) is 0 Å². The molecule has 2 aliphatic rings. The molecule has 2 saturated heterocycles. The fourth-order valence-electron chi connectivity index (χ4n) is 2.84. The molecule has 0 radical (unpaired) electrons. The second-order valence-electron chi connectivity index (χ2n) is 5.39. The molecule has 2 aliphatic heterocycles. The predicted octanol–water partition coefficient (Wildman–Crippen LogP) is 0.706. The van der Waals surface area contributed by atoms with Gasteiger partial charge < -0.3 is 10.2 Å². The number of nitrogens with zero attached hydrogens (tertiary/aromatic N) is 2. The normalized spacial score (nSPS) is 26.0. The summed E-state index contributed by atoms with van der Waals surface area (Å²) in [5, 5.41) is 3.38. The molecule has 1 atom stereocenters. The van der Waals surface area contributed by atoms with Crippen LogP contribution in [0.15, 0.2) is 12.7 Å². The zero-order valence-electron chi connectivity index (χ0n) is 11.2. The van der Waals surface area contributed by atoms with Crippen LogP contribution in [-0.2, 0) is 4.79 Å². The van der Waals surface area contributed by atoms with Gasteiger partial charge in [0.25, 0.3) is 0 Å². The first-order valence-corrected chi connectivity index (χ1v) is 7.11. The third-order valence-electron chi connectivity index (χ3n) is 3.97. The highest BCUT2D eigenvalue weighted by atomic mass is 16.2. The van der Waals surface area contributed by atoms with Crippen molar-refractivity contribution in [2.24, 2.45) is 5.92 Å². The SMILES string of the molecule is C=CCN1CCN(C(=O)CC2CCCNC2)CC1. The Labute approximate surface area is 110 Å². The first-order valence-electron chi connectivity index (χ1n) is 7.11. The van der Waals surface area contributed by atoms with E-state index in [9.17, 15) is 4.79 Å². The molecule has 1 N–H and O–H groups in total. The Hall–Kier alpha value is -0.870. The van der Waals surface area contributed by atoms with Crippen LogP contribution in [0.4, 0.5) is 0 Å². The van der Waals surface area contributed by atoms with Crippen LogP contribution in [0.1, 0.15) is 19.3 Å². The number of hydrogen-bond donors (Lipinski definition) is 1. The van der Waals surface area contributed by atoms with Crippen molar-refractivity contribution in [1.29, 1.82) is 0 Å². The van der Waals surface area contributed by atoms with E-state index in [4.69, 9.17) is 0 Å². The minimum Gasteiger partial charge on any atom is -0.340 e. The van der Waals surface area contributed by atoms with E-state index in [0.717, 1.165) is 52.2 Å². The fourth-order valence-corrected chi connectivity index (χ4v) is 2.84. The van der Waals surface area contributed by atoms with Crippen molar-refractivity contribution in [3.05, 3.63) is 12.7 Å². The van der Waals surface area contributed by atoms with Gasteiger partial charge in [0.15, 0.2) is 0 Å². The van der Waals surface area contributed by atoms with Crippen LogP contribution in [0.3, 0.4) is 0 Å². The molecule has 0 aromatic rings. The maximum Gasteiger partial charge on any atom is 0.222 e. The van der Waals surface area contributed by atoms with E-state index in [2.05, 4.69) is 16.8 Å². The lowest BCUT2D eigenvalue weighted by Gasteiger charge is -2.35. The van der Waals surface area contributed by atoms with E-state index in [0.29, 0.717) is 11.8 Å². The van der Waals surface area contributed by atoms with Gasteiger partial charge in [-0.15, -0.1) is 6.58 Å². The van der Waals surface area contributed by atoms with Gasteiger partial charge in [-0.3, -0.25) is 9.69 Å². The topological polar surface area (TPSA) is 35.6 Å². The van der Waals surface area contributed by atoms with Gasteiger partial charge in [-0.1, -0.05) is 6.08 Å². The van der Waals surface area contributed by atoms with Crippen LogP contribution in [-0.4, -0.2) is 61.5 Å². The molecule has 0 aromatic carbocycles. The van der Waals surface area contributed by atoms with Crippen LogP contribution in [0.5, 0.6) is 0 Å². The molecule has 18 heavy (non-hydrogen) atoms. The second-order valence-corrected chi connectivity index (χ2v) is 5.39. The number of hydrogen-bond acceptors (Lipinski definition) is 3. The van der Waals surface area contributed by atoms with Crippen LogP contribution in [0.25, 0.3) is 0 Å². The molecule has 1 unspecified atom stereocenters. The molecule has 102 valence electrons. The van der Waals surface area contributed by atoms with E-state index in [1.165, 1.54) is 12.8 Å². The fraction of sp³-hybridized carbons (Fsp3) is 0.786. The van der Waals surface area contributed by atoms with E-state index in [1.807, 2.05) is 11.0 Å². The summed E-state index contributed by atoms with van der Waals surface area (Å²) in [6.45, 7) is 10.6. The summed E-state index contributed by atoms with van der Waals surface area (Å²) in [6, 6.07) is 0. The molecule has 1 amide bonds. The van der Waals surface area contributed by atoms with Crippen LogP contribution < -0.4 is 5.32 Å². The van der Waals surface area contributed by atoms with E-state index < -0.39 is 0 Å². The van der Waals surface area contributed by atoms with Crippen molar-refractivity contribution < 1.29 is 4.79 Å². The van der Waals surface area contributed by atoms with Gasteiger partial charge in [0, 0.05) is 39.1 Å². The average Bonchev–Trinajstić information content (AvgIpc) is 2.41. The summed E-state index contributed by atoms with van der Waals surface area (Å²) in [5.74, 6) is 0.902. The first kappa shape index (κ1) is 13.6. The summed E-state index contributed by atoms with van der Waals surface area (Å²) in [6.07, 6.45) is 5.08. The maximum atomic E-state index is 12.2. The Bertz CT molecular complexity index is 279. The molecular weight excluding hydrogens is 226 g/mol. The van der Waals surface area contributed by atoms with Gasteiger partial charge >= 0.3 is 0 Å². The summed E-state index contributed by atoms with van der Waals surface area (Å²) < 4.78 is 0. The molecule has 0 aliphatic carbocycles. The highest BCUT2D eigenvalue weighted by Gasteiger charge is 2.23. The molecular formula is C14H25N3O. The molecule has 0 saturated carbocycles. The first-order chi connectivity index (χ1) is 8.79. The van der Waals surface area contributed by atoms with Crippen molar-refractivity contribution in [2.45, 2.75) is 19.3 Å².